The van der Waals surface area contributed by atoms with Gasteiger partial charge in [0.15, 0.2) is 0 Å². The molecule has 1 aliphatic rings. The van der Waals surface area contributed by atoms with Crippen molar-refractivity contribution in [2.45, 2.75) is 6.42 Å². The molecular formula is C16H15N3O2. The van der Waals surface area contributed by atoms with Gasteiger partial charge in [-0.05, 0) is 12.1 Å². The van der Waals surface area contributed by atoms with Gasteiger partial charge in [0.2, 0.25) is 5.91 Å². The highest BCUT2D eigenvalue weighted by molar-refractivity contribution is 5.95. The van der Waals surface area contributed by atoms with Gasteiger partial charge in [0, 0.05) is 24.9 Å². The van der Waals surface area contributed by atoms with Gasteiger partial charge in [-0.1, -0.05) is 24.3 Å². The summed E-state index contributed by atoms with van der Waals surface area (Å²) in [6.07, 6.45) is 3.76. The minimum atomic E-state index is -0.256. The van der Waals surface area contributed by atoms with Crippen molar-refractivity contribution in [3.63, 3.8) is 0 Å². The molecule has 0 bridgehead atoms. The maximum atomic E-state index is 12.2. The standard InChI is InChI=1S/C16H15N3O2/c1-2-12-8-15(20)18(11-12)14-9-16(21)19(17-10-14)13-6-4-3-5-7-13/h2-7,9-10,12H,1,8,11H2. The molecule has 2 aromatic rings. The molecule has 1 aromatic heterocycles. The Labute approximate surface area is 122 Å². The van der Waals surface area contributed by atoms with Crippen LogP contribution in [0.4, 0.5) is 5.69 Å². The molecule has 5 heteroatoms. The fourth-order valence-electron chi connectivity index (χ4n) is 2.45. The van der Waals surface area contributed by atoms with E-state index in [2.05, 4.69) is 11.7 Å². The number of hydrogen-bond donors (Lipinski definition) is 0. The molecule has 1 aromatic carbocycles. The summed E-state index contributed by atoms with van der Waals surface area (Å²) in [5, 5.41) is 4.16. The van der Waals surface area contributed by atoms with Crippen molar-refractivity contribution in [1.82, 2.24) is 9.78 Å². The molecule has 0 spiro atoms. The molecule has 106 valence electrons. The summed E-state index contributed by atoms with van der Waals surface area (Å²) in [5.74, 6) is 0.132. The van der Waals surface area contributed by atoms with Crippen molar-refractivity contribution >= 4 is 11.6 Å². The van der Waals surface area contributed by atoms with Crippen molar-refractivity contribution in [2.75, 3.05) is 11.4 Å². The van der Waals surface area contributed by atoms with Crippen LogP contribution in [0.15, 0.2) is 60.0 Å². The van der Waals surface area contributed by atoms with Gasteiger partial charge >= 0.3 is 0 Å². The second-order valence-electron chi connectivity index (χ2n) is 5.00. The zero-order chi connectivity index (χ0) is 14.8. The van der Waals surface area contributed by atoms with Gasteiger partial charge in [-0.2, -0.15) is 9.78 Å². The highest BCUT2D eigenvalue weighted by Crippen LogP contribution is 2.24. The number of anilines is 1. The Morgan fingerprint density at radius 2 is 1.95 bits per heavy atom. The molecule has 1 saturated heterocycles. The van der Waals surface area contributed by atoms with Crippen LogP contribution in [0, 0.1) is 5.92 Å². The number of carbonyl (C=O) groups excluding carboxylic acids is 1. The summed E-state index contributed by atoms with van der Waals surface area (Å²) in [5.41, 5.74) is 0.987. The first-order valence-electron chi connectivity index (χ1n) is 6.77. The number of para-hydroxylation sites is 1. The SMILES string of the molecule is C=CC1CC(=O)N(c2cnn(-c3ccccc3)c(=O)c2)C1. The predicted molar refractivity (Wildman–Crippen MR) is 80.5 cm³/mol. The number of carbonyl (C=O) groups is 1. The van der Waals surface area contributed by atoms with Gasteiger partial charge in [0.05, 0.1) is 17.6 Å². The Hall–Kier alpha value is -2.69. The second-order valence-corrected chi connectivity index (χ2v) is 5.00. The van der Waals surface area contributed by atoms with Crippen LogP contribution < -0.4 is 10.5 Å². The van der Waals surface area contributed by atoms with E-state index < -0.39 is 0 Å². The Bertz CT molecular complexity index is 737. The van der Waals surface area contributed by atoms with Gasteiger partial charge < -0.3 is 4.90 Å². The van der Waals surface area contributed by atoms with Crippen molar-refractivity contribution in [1.29, 1.82) is 0 Å². The highest BCUT2D eigenvalue weighted by atomic mass is 16.2. The molecule has 0 aliphatic carbocycles. The molecule has 3 rings (SSSR count). The van der Waals surface area contributed by atoms with Crippen LogP contribution in [-0.4, -0.2) is 22.2 Å². The highest BCUT2D eigenvalue weighted by Gasteiger charge is 2.29. The van der Waals surface area contributed by atoms with Gasteiger partial charge in [-0.3, -0.25) is 9.59 Å². The average molecular weight is 281 g/mol. The smallest absolute Gasteiger partial charge is 0.273 e. The fourth-order valence-corrected chi connectivity index (χ4v) is 2.45. The molecule has 5 nitrogen and oxygen atoms in total. The van der Waals surface area contributed by atoms with E-state index >= 15 is 0 Å². The third-order valence-electron chi connectivity index (χ3n) is 3.59. The van der Waals surface area contributed by atoms with E-state index in [4.69, 9.17) is 0 Å². The van der Waals surface area contributed by atoms with Crippen LogP contribution in [0.2, 0.25) is 0 Å². The monoisotopic (exact) mass is 281 g/mol. The van der Waals surface area contributed by atoms with Gasteiger partial charge in [-0.15, -0.1) is 6.58 Å². The normalized spacial score (nSPS) is 18.0. The third-order valence-corrected chi connectivity index (χ3v) is 3.59. The van der Waals surface area contributed by atoms with Gasteiger partial charge in [0.25, 0.3) is 5.56 Å². The number of hydrogen-bond acceptors (Lipinski definition) is 3. The molecule has 0 N–H and O–H groups in total. The molecule has 21 heavy (non-hydrogen) atoms. The summed E-state index contributed by atoms with van der Waals surface area (Å²) in [4.78, 5) is 25.7. The van der Waals surface area contributed by atoms with Crippen LogP contribution in [0.3, 0.4) is 0 Å². The quantitative estimate of drug-likeness (QED) is 0.806. The number of rotatable bonds is 3. The maximum Gasteiger partial charge on any atom is 0.273 e. The Balaban J connectivity index is 1.94. The van der Waals surface area contributed by atoms with Crippen LogP contribution in [0.25, 0.3) is 5.69 Å². The minimum absolute atomic E-state index is 0.00133. The van der Waals surface area contributed by atoms with Crippen LogP contribution in [0.1, 0.15) is 6.42 Å². The fraction of sp³-hybridized carbons (Fsp3) is 0.188. The largest absolute Gasteiger partial charge is 0.310 e. The summed E-state index contributed by atoms with van der Waals surface area (Å²) in [7, 11) is 0. The number of benzene rings is 1. The molecule has 1 atom stereocenters. The zero-order valence-electron chi connectivity index (χ0n) is 11.5. The number of aromatic nitrogens is 2. The first-order valence-corrected chi connectivity index (χ1v) is 6.77. The van der Waals surface area contributed by atoms with E-state index in [-0.39, 0.29) is 17.4 Å². The maximum absolute atomic E-state index is 12.2. The second kappa shape index (κ2) is 5.36. The van der Waals surface area contributed by atoms with Crippen molar-refractivity contribution in [3.05, 3.63) is 65.6 Å². The summed E-state index contributed by atoms with van der Waals surface area (Å²) in [6, 6.07) is 10.6. The van der Waals surface area contributed by atoms with Crippen molar-refractivity contribution in [3.8, 4) is 5.69 Å². The molecule has 1 amide bonds. The summed E-state index contributed by atoms with van der Waals surface area (Å²) >= 11 is 0. The number of nitrogens with zero attached hydrogens (tertiary/aromatic N) is 3. The van der Waals surface area contributed by atoms with E-state index in [1.165, 1.54) is 10.7 Å². The lowest BCUT2D eigenvalue weighted by Crippen LogP contribution is -2.28. The van der Waals surface area contributed by atoms with Crippen LogP contribution >= 0.6 is 0 Å². The Morgan fingerprint density at radius 1 is 1.19 bits per heavy atom. The van der Waals surface area contributed by atoms with E-state index in [9.17, 15) is 9.59 Å². The summed E-state index contributed by atoms with van der Waals surface area (Å²) < 4.78 is 1.31. The Kier molecular flexibility index (Phi) is 3.39. The molecule has 0 saturated carbocycles. The van der Waals surface area contributed by atoms with Crippen molar-refractivity contribution < 1.29 is 4.79 Å². The minimum Gasteiger partial charge on any atom is -0.310 e. The van der Waals surface area contributed by atoms with Crippen molar-refractivity contribution in [2.24, 2.45) is 5.92 Å². The lowest BCUT2D eigenvalue weighted by atomic mass is 10.1. The lowest BCUT2D eigenvalue weighted by Gasteiger charge is -2.16. The van der Waals surface area contributed by atoms with Gasteiger partial charge in [-0.25, -0.2) is 0 Å². The predicted octanol–water partition coefficient (Wildman–Crippen LogP) is 1.77. The molecule has 2 heterocycles. The topological polar surface area (TPSA) is 55.2 Å². The van der Waals surface area contributed by atoms with E-state index in [0.717, 1.165) is 0 Å². The molecule has 1 fully saturated rings. The van der Waals surface area contributed by atoms with E-state index in [1.54, 1.807) is 17.2 Å². The summed E-state index contributed by atoms with van der Waals surface area (Å²) in [6.45, 7) is 4.27. The molecule has 1 unspecified atom stereocenters. The molecule has 1 aliphatic heterocycles. The molecule has 0 radical (unpaired) electrons. The lowest BCUT2D eigenvalue weighted by molar-refractivity contribution is -0.117. The third kappa shape index (κ3) is 2.50. The molecular weight excluding hydrogens is 266 g/mol. The average Bonchev–Trinajstić information content (AvgIpc) is 2.89. The van der Waals surface area contributed by atoms with E-state index in [0.29, 0.717) is 24.3 Å². The Morgan fingerprint density at radius 3 is 2.57 bits per heavy atom. The first-order chi connectivity index (χ1) is 10.2. The van der Waals surface area contributed by atoms with Gasteiger partial charge in [0.1, 0.15) is 0 Å². The first kappa shape index (κ1) is 13.3. The zero-order valence-corrected chi connectivity index (χ0v) is 11.5. The van der Waals surface area contributed by atoms with Crippen LogP contribution in [-0.2, 0) is 4.79 Å². The number of amides is 1. The van der Waals surface area contributed by atoms with E-state index in [1.807, 2.05) is 30.3 Å². The van der Waals surface area contributed by atoms with Crippen LogP contribution in [0.5, 0.6) is 0 Å².